The van der Waals surface area contributed by atoms with Crippen molar-refractivity contribution in [2.75, 3.05) is 39.5 Å². The first-order valence-corrected chi connectivity index (χ1v) is 6.96. The fraction of sp³-hybridized carbons (Fsp3) is 0.533. The van der Waals surface area contributed by atoms with Gasteiger partial charge in [-0.2, -0.15) is 0 Å². The first-order valence-electron chi connectivity index (χ1n) is 6.96. The Balaban J connectivity index is 1.99. The van der Waals surface area contributed by atoms with Gasteiger partial charge >= 0.3 is 0 Å². The highest BCUT2D eigenvalue weighted by atomic mass is 19.1. The summed E-state index contributed by atoms with van der Waals surface area (Å²) in [7, 11) is 3.83. The van der Waals surface area contributed by atoms with Gasteiger partial charge in [-0.15, -0.1) is 0 Å². The van der Waals surface area contributed by atoms with E-state index >= 15 is 0 Å². The number of nitrogens with two attached hydrogens (primary N) is 1. The van der Waals surface area contributed by atoms with Crippen LogP contribution in [-0.2, 0) is 0 Å². The van der Waals surface area contributed by atoms with Crippen molar-refractivity contribution in [2.45, 2.75) is 12.8 Å². The zero-order valence-electron chi connectivity index (χ0n) is 12.1. The summed E-state index contributed by atoms with van der Waals surface area (Å²) in [5.41, 5.74) is 6.08. The number of anilines is 1. The molecule has 4 nitrogen and oxygen atoms in total. The van der Waals surface area contributed by atoms with Gasteiger partial charge in [-0.1, -0.05) is 0 Å². The second-order valence-electron chi connectivity index (χ2n) is 5.67. The highest BCUT2D eigenvalue weighted by molar-refractivity contribution is 5.95. The van der Waals surface area contributed by atoms with Crippen molar-refractivity contribution in [3.8, 4) is 0 Å². The van der Waals surface area contributed by atoms with Crippen molar-refractivity contribution < 1.29 is 9.18 Å². The molecule has 1 aromatic carbocycles. The summed E-state index contributed by atoms with van der Waals surface area (Å²) in [6.45, 7) is 2.78. The number of piperidine rings is 1. The van der Waals surface area contributed by atoms with Crippen LogP contribution in [0, 0.1) is 11.7 Å². The number of nitrogens with zero attached hydrogens (tertiary/aromatic N) is 2. The first kappa shape index (κ1) is 14.8. The minimum Gasteiger partial charge on any atom is -0.399 e. The van der Waals surface area contributed by atoms with Crippen molar-refractivity contribution in [1.82, 2.24) is 9.80 Å². The number of amides is 1. The highest BCUT2D eigenvalue weighted by Crippen LogP contribution is 2.19. The van der Waals surface area contributed by atoms with Gasteiger partial charge in [-0.05, 0) is 57.1 Å². The second kappa shape index (κ2) is 6.22. The van der Waals surface area contributed by atoms with Crippen LogP contribution in [0.3, 0.4) is 0 Å². The van der Waals surface area contributed by atoms with Gasteiger partial charge in [0.1, 0.15) is 5.82 Å². The van der Waals surface area contributed by atoms with E-state index in [-0.39, 0.29) is 11.5 Å². The summed E-state index contributed by atoms with van der Waals surface area (Å²) in [5.74, 6) is -0.322. The van der Waals surface area contributed by atoms with Crippen molar-refractivity contribution in [3.63, 3.8) is 0 Å². The predicted octanol–water partition coefficient (Wildman–Crippen LogP) is 1.82. The van der Waals surface area contributed by atoms with Gasteiger partial charge in [0.05, 0.1) is 5.56 Å². The third-order valence-electron chi connectivity index (χ3n) is 3.94. The Bertz CT molecular complexity index is 484. The molecular weight excluding hydrogens is 257 g/mol. The molecule has 0 atom stereocenters. The molecule has 1 aliphatic heterocycles. The molecular formula is C15H22FN3O. The molecule has 0 aliphatic carbocycles. The number of likely N-dealkylation sites (tertiary alicyclic amines) is 1. The summed E-state index contributed by atoms with van der Waals surface area (Å²) in [6, 6.07) is 4.11. The lowest BCUT2D eigenvalue weighted by Crippen LogP contribution is -2.38. The summed E-state index contributed by atoms with van der Waals surface area (Å²) >= 11 is 0. The Hall–Kier alpha value is -1.62. The number of hydrogen-bond donors (Lipinski definition) is 1. The van der Waals surface area contributed by atoms with Gasteiger partial charge in [0.25, 0.3) is 5.91 Å². The van der Waals surface area contributed by atoms with Crippen LogP contribution in [0.5, 0.6) is 0 Å². The summed E-state index contributed by atoms with van der Waals surface area (Å²) in [4.78, 5) is 16.2. The molecule has 0 spiro atoms. The van der Waals surface area contributed by atoms with Crippen LogP contribution >= 0.6 is 0 Å². The molecule has 5 heteroatoms. The molecule has 0 saturated carbocycles. The number of halogens is 1. The average Bonchev–Trinajstić information content (AvgIpc) is 2.43. The molecule has 1 aliphatic rings. The van der Waals surface area contributed by atoms with Gasteiger partial charge in [0, 0.05) is 19.3 Å². The maximum Gasteiger partial charge on any atom is 0.256 e. The first-order chi connectivity index (χ1) is 9.47. The zero-order valence-corrected chi connectivity index (χ0v) is 12.1. The normalized spacial score (nSPS) is 17.1. The van der Waals surface area contributed by atoms with Gasteiger partial charge in [-0.25, -0.2) is 4.39 Å². The van der Waals surface area contributed by atoms with Crippen LogP contribution in [0.2, 0.25) is 0 Å². The molecule has 110 valence electrons. The Morgan fingerprint density at radius 3 is 2.75 bits per heavy atom. The molecule has 0 unspecified atom stereocenters. The van der Waals surface area contributed by atoms with E-state index in [1.54, 1.807) is 11.9 Å². The van der Waals surface area contributed by atoms with Gasteiger partial charge in [-0.3, -0.25) is 4.79 Å². The van der Waals surface area contributed by atoms with Crippen molar-refractivity contribution in [2.24, 2.45) is 5.92 Å². The van der Waals surface area contributed by atoms with E-state index in [1.165, 1.54) is 18.2 Å². The quantitative estimate of drug-likeness (QED) is 0.859. The van der Waals surface area contributed by atoms with Gasteiger partial charge in [0.2, 0.25) is 0 Å². The number of rotatable bonds is 3. The van der Waals surface area contributed by atoms with Crippen LogP contribution in [0.15, 0.2) is 18.2 Å². The van der Waals surface area contributed by atoms with E-state index in [0.717, 1.165) is 25.9 Å². The average molecular weight is 279 g/mol. The Labute approximate surface area is 119 Å². The lowest BCUT2D eigenvalue weighted by atomic mass is 9.96. The van der Waals surface area contributed by atoms with Crippen LogP contribution in [-0.4, -0.2) is 49.4 Å². The van der Waals surface area contributed by atoms with E-state index in [1.807, 2.05) is 0 Å². The van der Waals surface area contributed by atoms with E-state index in [4.69, 9.17) is 5.73 Å². The van der Waals surface area contributed by atoms with Crippen LogP contribution in [0.25, 0.3) is 0 Å². The van der Waals surface area contributed by atoms with E-state index in [0.29, 0.717) is 18.2 Å². The fourth-order valence-corrected chi connectivity index (χ4v) is 2.63. The van der Waals surface area contributed by atoms with Crippen LogP contribution in [0.1, 0.15) is 23.2 Å². The summed E-state index contributed by atoms with van der Waals surface area (Å²) in [6.07, 6.45) is 2.15. The molecule has 0 radical (unpaired) electrons. The molecule has 2 rings (SSSR count). The van der Waals surface area contributed by atoms with E-state index < -0.39 is 5.82 Å². The number of hydrogen-bond acceptors (Lipinski definition) is 3. The predicted molar refractivity (Wildman–Crippen MR) is 78.0 cm³/mol. The minimum absolute atomic E-state index is 0.0560. The zero-order chi connectivity index (χ0) is 14.7. The minimum atomic E-state index is -0.514. The molecule has 2 N–H and O–H groups in total. The highest BCUT2D eigenvalue weighted by Gasteiger charge is 2.22. The smallest absolute Gasteiger partial charge is 0.256 e. The number of carbonyl (C=O) groups is 1. The summed E-state index contributed by atoms with van der Waals surface area (Å²) in [5, 5.41) is 0. The fourth-order valence-electron chi connectivity index (χ4n) is 2.63. The molecule has 0 aromatic heterocycles. The molecule has 1 fully saturated rings. The lowest BCUT2D eigenvalue weighted by molar-refractivity contribution is 0.0742. The monoisotopic (exact) mass is 279 g/mol. The number of carbonyl (C=O) groups excluding carboxylic acids is 1. The van der Waals surface area contributed by atoms with Gasteiger partial charge in [0.15, 0.2) is 0 Å². The molecule has 1 aromatic rings. The largest absolute Gasteiger partial charge is 0.399 e. The molecule has 0 bridgehead atoms. The third-order valence-corrected chi connectivity index (χ3v) is 3.94. The Morgan fingerprint density at radius 2 is 2.10 bits per heavy atom. The standard InChI is InChI=1S/C15H22FN3O/c1-18-7-5-11(6-8-18)10-19(2)15(20)13-9-12(17)3-4-14(13)16/h3-4,9,11H,5-8,10,17H2,1-2H3. The van der Waals surface area contributed by atoms with Gasteiger partial charge < -0.3 is 15.5 Å². The van der Waals surface area contributed by atoms with Crippen molar-refractivity contribution in [1.29, 1.82) is 0 Å². The van der Waals surface area contributed by atoms with Crippen molar-refractivity contribution >= 4 is 11.6 Å². The van der Waals surface area contributed by atoms with Crippen LogP contribution in [0.4, 0.5) is 10.1 Å². The maximum atomic E-state index is 13.7. The Morgan fingerprint density at radius 1 is 1.45 bits per heavy atom. The Kier molecular flexibility index (Phi) is 4.60. The molecule has 1 heterocycles. The number of nitrogen functional groups attached to an aromatic ring is 1. The molecule has 20 heavy (non-hydrogen) atoms. The molecule has 1 amide bonds. The van der Waals surface area contributed by atoms with Crippen LogP contribution < -0.4 is 5.73 Å². The molecule has 1 saturated heterocycles. The third kappa shape index (κ3) is 3.48. The topological polar surface area (TPSA) is 49.6 Å². The number of benzene rings is 1. The SMILES string of the molecule is CN1CCC(CN(C)C(=O)c2cc(N)ccc2F)CC1. The second-order valence-corrected chi connectivity index (χ2v) is 5.67. The van der Waals surface area contributed by atoms with Crippen molar-refractivity contribution in [3.05, 3.63) is 29.6 Å². The van der Waals surface area contributed by atoms with E-state index in [9.17, 15) is 9.18 Å². The van der Waals surface area contributed by atoms with E-state index in [2.05, 4.69) is 11.9 Å². The maximum absolute atomic E-state index is 13.7. The lowest BCUT2D eigenvalue weighted by Gasteiger charge is -2.31. The summed E-state index contributed by atoms with van der Waals surface area (Å²) < 4.78 is 13.7.